The van der Waals surface area contributed by atoms with Gasteiger partial charge in [-0.05, 0) is 25.5 Å². The van der Waals surface area contributed by atoms with Crippen molar-refractivity contribution in [2.45, 2.75) is 26.7 Å². The van der Waals surface area contributed by atoms with Gasteiger partial charge in [-0.1, -0.05) is 31.5 Å². The lowest BCUT2D eigenvalue weighted by atomic mass is 10.2. The van der Waals surface area contributed by atoms with E-state index < -0.39 is 0 Å². The van der Waals surface area contributed by atoms with E-state index in [1.807, 2.05) is 30.3 Å². The highest BCUT2D eigenvalue weighted by Crippen LogP contribution is 2.11. The average Bonchev–Trinajstić information content (AvgIpc) is 2.19. The summed E-state index contributed by atoms with van der Waals surface area (Å²) in [6.07, 6.45) is 2.22. The summed E-state index contributed by atoms with van der Waals surface area (Å²) in [5.41, 5.74) is 2.31. The van der Waals surface area contributed by atoms with Gasteiger partial charge in [0.2, 0.25) is 0 Å². The first-order chi connectivity index (χ1) is 6.74. The van der Waals surface area contributed by atoms with Crippen LogP contribution in [0.5, 0.6) is 0 Å². The molecule has 0 saturated heterocycles. The first-order valence-electron chi connectivity index (χ1n) is 5.07. The Morgan fingerprint density at radius 1 is 1.29 bits per heavy atom. The predicted octanol–water partition coefficient (Wildman–Crippen LogP) is 3.30. The first-order valence-corrected chi connectivity index (χ1v) is 5.07. The molecule has 0 saturated carbocycles. The summed E-state index contributed by atoms with van der Waals surface area (Å²) < 4.78 is 0. The minimum Gasteiger partial charge on any atom is -0.269 e. The molecule has 0 spiro atoms. The first kappa shape index (κ1) is 10.8. The molecule has 76 valence electrons. The van der Waals surface area contributed by atoms with Crippen LogP contribution in [-0.2, 0) is 0 Å². The zero-order valence-electron chi connectivity index (χ0n) is 9.20. The molecule has 2 heteroatoms. The molecule has 0 amide bonds. The van der Waals surface area contributed by atoms with Gasteiger partial charge >= 0.3 is 0 Å². The lowest BCUT2D eigenvalue weighted by Gasteiger charge is -2.13. The Labute approximate surface area is 86.2 Å². The second kappa shape index (κ2) is 5.43. The Bertz CT molecular complexity index is 290. The van der Waals surface area contributed by atoms with Gasteiger partial charge < -0.3 is 0 Å². The lowest BCUT2D eigenvalue weighted by Crippen LogP contribution is -2.11. The molecule has 0 bridgehead atoms. The van der Waals surface area contributed by atoms with Crippen molar-refractivity contribution in [2.75, 3.05) is 12.1 Å². The van der Waals surface area contributed by atoms with Gasteiger partial charge in [-0.2, -0.15) is 5.10 Å². The molecule has 0 radical (unpaired) electrons. The maximum Gasteiger partial charge on any atom is 0.0590 e. The van der Waals surface area contributed by atoms with Gasteiger partial charge in [0.15, 0.2) is 0 Å². The largest absolute Gasteiger partial charge is 0.269 e. The smallest absolute Gasteiger partial charge is 0.0590 e. The monoisotopic (exact) mass is 190 g/mol. The fourth-order valence-corrected chi connectivity index (χ4v) is 1.37. The van der Waals surface area contributed by atoms with E-state index >= 15 is 0 Å². The minimum absolute atomic E-state index is 1.07. The van der Waals surface area contributed by atoms with Crippen LogP contribution in [0, 0.1) is 0 Å². The van der Waals surface area contributed by atoms with Crippen molar-refractivity contribution in [3.05, 3.63) is 30.3 Å². The molecule has 0 aliphatic heterocycles. The molecular formula is C12H18N2. The third-order valence-electron chi connectivity index (χ3n) is 2.06. The van der Waals surface area contributed by atoms with Gasteiger partial charge in [-0.15, -0.1) is 0 Å². The van der Waals surface area contributed by atoms with E-state index in [9.17, 15) is 0 Å². The molecule has 14 heavy (non-hydrogen) atoms. The summed E-state index contributed by atoms with van der Waals surface area (Å²) >= 11 is 0. The Kier molecular flexibility index (Phi) is 4.17. The molecule has 0 fully saturated rings. The normalized spacial score (nSPS) is 11.5. The molecule has 0 aliphatic rings. The molecule has 0 unspecified atom stereocenters. The average molecular weight is 190 g/mol. The Morgan fingerprint density at radius 2 is 1.93 bits per heavy atom. The van der Waals surface area contributed by atoms with Crippen LogP contribution in [0.2, 0.25) is 0 Å². The van der Waals surface area contributed by atoms with E-state index in [0.29, 0.717) is 0 Å². The summed E-state index contributed by atoms with van der Waals surface area (Å²) in [6, 6.07) is 10.2. The minimum atomic E-state index is 1.07. The quantitative estimate of drug-likeness (QED) is 0.525. The van der Waals surface area contributed by atoms with Crippen molar-refractivity contribution < 1.29 is 0 Å². The van der Waals surface area contributed by atoms with Gasteiger partial charge in [0.25, 0.3) is 0 Å². The third-order valence-corrected chi connectivity index (χ3v) is 2.06. The lowest BCUT2D eigenvalue weighted by molar-refractivity contribution is 0.946. The van der Waals surface area contributed by atoms with Crippen molar-refractivity contribution in [1.82, 2.24) is 0 Å². The number of anilines is 1. The van der Waals surface area contributed by atoms with Gasteiger partial charge in [-0.3, -0.25) is 5.01 Å². The third kappa shape index (κ3) is 3.21. The molecule has 1 rings (SSSR count). The second-order valence-corrected chi connectivity index (χ2v) is 3.44. The zero-order chi connectivity index (χ0) is 10.4. The Hall–Kier alpha value is -1.31. The molecule has 0 heterocycles. The fourth-order valence-electron chi connectivity index (χ4n) is 1.37. The topological polar surface area (TPSA) is 15.6 Å². The van der Waals surface area contributed by atoms with Crippen LogP contribution < -0.4 is 5.01 Å². The van der Waals surface area contributed by atoms with Crippen molar-refractivity contribution in [2.24, 2.45) is 5.10 Å². The van der Waals surface area contributed by atoms with Gasteiger partial charge in [0.1, 0.15) is 0 Å². The Balaban J connectivity index is 2.67. The number of para-hydroxylation sites is 1. The van der Waals surface area contributed by atoms with Crippen LogP contribution in [0.25, 0.3) is 0 Å². The van der Waals surface area contributed by atoms with Crippen molar-refractivity contribution in [1.29, 1.82) is 0 Å². The SMILES string of the molecule is CCC/C(C)=N/N(C)c1ccccc1. The van der Waals surface area contributed by atoms with Crippen molar-refractivity contribution >= 4 is 11.4 Å². The Morgan fingerprint density at radius 3 is 2.50 bits per heavy atom. The van der Waals surface area contributed by atoms with Crippen molar-refractivity contribution in [3.8, 4) is 0 Å². The second-order valence-electron chi connectivity index (χ2n) is 3.44. The van der Waals surface area contributed by atoms with Crippen LogP contribution in [0.4, 0.5) is 5.69 Å². The molecular weight excluding hydrogens is 172 g/mol. The van der Waals surface area contributed by atoms with Crippen LogP contribution in [-0.4, -0.2) is 12.8 Å². The fraction of sp³-hybridized carbons (Fsp3) is 0.417. The molecule has 0 atom stereocenters. The number of hydrogen-bond acceptors (Lipinski definition) is 2. The molecule has 1 aromatic carbocycles. The predicted molar refractivity (Wildman–Crippen MR) is 62.9 cm³/mol. The molecule has 2 nitrogen and oxygen atoms in total. The maximum absolute atomic E-state index is 4.49. The molecule has 1 aromatic rings. The maximum atomic E-state index is 4.49. The van der Waals surface area contributed by atoms with E-state index in [4.69, 9.17) is 0 Å². The van der Waals surface area contributed by atoms with Crippen LogP contribution >= 0.6 is 0 Å². The van der Waals surface area contributed by atoms with E-state index in [1.165, 1.54) is 5.71 Å². The van der Waals surface area contributed by atoms with E-state index in [1.54, 1.807) is 0 Å². The van der Waals surface area contributed by atoms with Crippen molar-refractivity contribution in [3.63, 3.8) is 0 Å². The number of rotatable bonds is 4. The highest BCUT2D eigenvalue weighted by Gasteiger charge is 1.97. The summed E-state index contributed by atoms with van der Waals surface area (Å²) in [6.45, 7) is 4.24. The summed E-state index contributed by atoms with van der Waals surface area (Å²) in [7, 11) is 1.98. The summed E-state index contributed by atoms with van der Waals surface area (Å²) in [5, 5.41) is 6.41. The van der Waals surface area contributed by atoms with Gasteiger partial charge in [-0.25, -0.2) is 0 Å². The number of nitrogens with zero attached hydrogens (tertiary/aromatic N) is 2. The standard InChI is InChI=1S/C12H18N2/c1-4-8-11(2)13-14(3)12-9-6-5-7-10-12/h5-7,9-10H,4,8H2,1-3H3/b13-11+. The molecule has 0 aromatic heterocycles. The zero-order valence-corrected chi connectivity index (χ0v) is 9.20. The van der Waals surface area contributed by atoms with E-state index in [2.05, 4.69) is 31.1 Å². The van der Waals surface area contributed by atoms with Crippen LogP contribution in [0.3, 0.4) is 0 Å². The number of hydrazone groups is 1. The summed E-state index contributed by atoms with van der Waals surface area (Å²) in [5.74, 6) is 0. The highest BCUT2D eigenvalue weighted by atomic mass is 15.4. The molecule has 0 aliphatic carbocycles. The summed E-state index contributed by atoms with van der Waals surface area (Å²) in [4.78, 5) is 0. The molecule has 0 N–H and O–H groups in total. The number of hydrogen-bond donors (Lipinski definition) is 0. The van der Waals surface area contributed by atoms with Gasteiger partial charge in [0, 0.05) is 12.8 Å². The van der Waals surface area contributed by atoms with Gasteiger partial charge in [0.05, 0.1) is 5.69 Å². The van der Waals surface area contributed by atoms with E-state index in [0.717, 1.165) is 18.5 Å². The van der Waals surface area contributed by atoms with E-state index in [-0.39, 0.29) is 0 Å². The van der Waals surface area contributed by atoms with Crippen LogP contribution in [0.15, 0.2) is 35.4 Å². The number of benzene rings is 1. The van der Waals surface area contributed by atoms with Crippen LogP contribution in [0.1, 0.15) is 26.7 Å². The highest BCUT2D eigenvalue weighted by molar-refractivity contribution is 5.82.